The van der Waals surface area contributed by atoms with Crippen LogP contribution in [-0.4, -0.2) is 35.0 Å². The van der Waals surface area contributed by atoms with Crippen molar-refractivity contribution >= 4 is 11.9 Å². The van der Waals surface area contributed by atoms with Crippen molar-refractivity contribution in [3.8, 4) is 0 Å². The summed E-state index contributed by atoms with van der Waals surface area (Å²) in [5.74, 6) is 0.429. The van der Waals surface area contributed by atoms with Gasteiger partial charge >= 0.3 is 0 Å². The van der Waals surface area contributed by atoms with E-state index in [1.54, 1.807) is 30.5 Å². The lowest BCUT2D eigenvalue weighted by atomic mass is 9.92. The van der Waals surface area contributed by atoms with Crippen molar-refractivity contribution in [1.29, 1.82) is 0 Å². The number of benzene rings is 1. The number of carbonyl (C=O) groups is 1. The van der Waals surface area contributed by atoms with E-state index < -0.39 is 12.1 Å². The quantitative estimate of drug-likeness (QED) is 0.891. The monoisotopic (exact) mass is 355 g/mol. The standard InChI is InChI=1S/C21H22FNO3/c22-18-6-2-1-5-17(18)20(21(25)14-7-8-14)23-10-9-19(24)15(13-23)12-16-4-3-11-26-16/h1-6,11-12,14,19-20,24H,7-10,13H2/b15-12-. The fraction of sp³-hybridized carbons (Fsp3) is 0.381. The van der Waals surface area contributed by atoms with Gasteiger partial charge in [-0.3, -0.25) is 9.69 Å². The van der Waals surface area contributed by atoms with Crippen LogP contribution in [-0.2, 0) is 4.79 Å². The second kappa shape index (κ2) is 7.17. The van der Waals surface area contributed by atoms with Crippen LogP contribution in [0.2, 0.25) is 0 Å². The highest BCUT2D eigenvalue weighted by molar-refractivity contribution is 5.89. The third-order valence-corrected chi connectivity index (χ3v) is 5.19. The lowest BCUT2D eigenvalue weighted by Crippen LogP contribution is -2.43. The molecule has 0 radical (unpaired) electrons. The minimum atomic E-state index is -0.601. The first-order valence-corrected chi connectivity index (χ1v) is 9.07. The van der Waals surface area contributed by atoms with Gasteiger partial charge in [0.1, 0.15) is 11.6 Å². The number of ketones is 1. The maximum absolute atomic E-state index is 14.5. The van der Waals surface area contributed by atoms with Crippen LogP contribution in [0.5, 0.6) is 0 Å². The Balaban J connectivity index is 1.65. The van der Waals surface area contributed by atoms with Crippen molar-refractivity contribution in [2.24, 2.45) is 5.92 Å². The Kier molecular flexibility index (Phi) is 4.74. The maximum Gasteiger partial charge on any atom is 0.157 e. The number of Topliss-reactive ketones (excluding diaryl/α,β-unsaturated/α-hetero) is 1. The predicted molar refractivity (Wildman–Crippen MR) is 95.8 cm³/mol. The summed E-state index contributed by atoms with van der Waals surface area (Å²) in [6, 6.07) is 9.52. The minimum absolute atomic E-state index is 0.0314. The Morgan fingerprint density at radius 2 is 2.04 bits per heavy atom. The molecule has 26 heavy (non-hydrogen) atoms. The maximum atomic E-state index is 14.5. The molecular weight excluding hydrogens is 333 g/mol. The van der Waals surface area contributed by atoms with Crippen molar-refractivity contribution in [3.63, 3.8) is 0 Å². The Bertz CT molecular complexity index is 810. The van der Waals surface area contributed by atoms with E-state index >= 15 is 0 Å². The average Bonchev–Trinajstić information content (AvgIpc) is 3.37. The van der Waals surface area contributed by atoms with Gasteiger partial charge in [-0.25, -0.2) is 4.39 Å². The largest absolute Gasteiger partial charge is 0.465 e. The van der Waals surface area contributed by atoms with Gasteiger partial charge in [-0.2, -0.15) is 0 Å². The van der Waals surface area contributed by atoms with Crippen molar-refractivity contribution in [3.05, 3.63) is 65.4 Å². The van der Waals surface area contributed by atoms with Gasteiger partial charge < -0.3 is 9.52 Å². The van der Waals surface area contributed by atoms with Gasteiger partial charge in [0, 0.05) is 24.6 Å². The van der Waals surface area contributed by atoms with Gasteiger partial charge in [0.25, 0.3) is 0 Å². The molecule has 2 aromatic rings. The number of furan rings is 1. The van der Waals surface area contributed by atoms with Crippen LogP contribution in [0, 0.1) is 11.7 Å². The molecule has 4 rings (SSSR count). The van der Waals surface area contributed by atoms with E-state index in [-0.39, 0.29) is 17.5 Å². The predicted octanol–water partition coefficient (Wildman–Crippen LogP) is 3.59. The van der Waals surface area contributed by atoms with Gasteiger partial charge in [0.2, 0.25) is 0 Å². The fourth-order valence-electron chi connectivity index (χ4n) is 3.63. The van der Waals surface area contributed by atoms with E-state index in [1.807, 2.05) is 17.0 Å². The Hall–Kier alpha value is -2.24. The molecule has 1 saturated carbocycles. The third kappa shape index (κ3) is 3.50. The molecule has 0 bridgehead atoms. The van der Waals surface area contributed by atoms with Gasteiger partial charge in [-0.1, -0.05) is 18.2 Å². The van der Waals surface area contributed by atoms with E-state index in [0.717, 1.165) is 18.4 Å². The molecule has 1 aromatic carbocycles. The Morgan fingerprint density at radius 3 is 2.73 bits per heavy atom. The van der Waals surface area contributed by atoms with Crippen molar-refractivity contribution < 1.29 is 18.7 Å². The number of aliphatic hydroxyl groups excluding tert-OH is 1. The number of hydrogen-bond acceptors (Lipinski definition) is 4. The SMILES string of the molecule is O=C(C1CC1)C(c1ccccc1F)N1CCC(O)/C(=C\c2ccco2)C1. The second-order valence-corrected chi connectivity index (χ2v) is 7.11. The second-order valence-electron chi connectivity index (χ2n) is 7.11. The highest BCUT2D eigenvalue weighted by Crippen LogP contribution is 2.39. The van der Waals surface area contributed by atoms with E-state index in [2.05, 4.69) is 0 Å². The number of hydrogen-bond donors (Lipinski definition) is 1. The molecule has 2 aliphatic rings. The fourth-order valence-corrected chi connectivity index (χ4v) is 3.63. The number of halogens is 1. The molecule has 136 valence electrons. The van der Waals surface area contributed by atoms with Crippen LogP contribution >= 0.6 is 0 Å². The summed E-state index contributed by atoms with van der Waals surface area (Å²) in [6.45, 7) is 0.966. The number of likely N-dealkylation sites (tertiary alicyclic amines) is 1. The van der Waals surface area contributed by atoms with E-state index in [0.29, 0.717) is 30.8 Å². The summed E-state index contributed by atoms with van der Waals surface area (Å²) < 4.78 is 19.8. The van der Waals surface area contributed by atoms with Gasteiger partial charge in [0.05, 0.1) is 18.4 Å². The number of carbonyl (C=O) groups excluding carboxylic acids is 1. The van der Waals surface area contributed by atoms with E-state index in [9.17, 15) is 14.3 Å². The minimum Gasteiger partial charge on any atom is -0.465 e. The lowest BCUT2D eigenvalue weighted by molar-refractivity contribution is -0.126. The van der Waals surface area contributed by atoms with Gasteiger partial charge in [0.15, 0.2) is 5.78 Å². The van der Waals surface area contributed by atoms with Crippen LogP contribution in [0.1, 0.15) is 36.6 Å². The zero-order valence-electron chi connectivity index (χ0n) is 14.5. The molecule has 2 unspecified atom stereocenters. The number of aliphatic hydroxyl groups is 1. The molecule has 2 heterocycles. The Labute approximate surface area is 151 Å². The van der Waals surface area contributed by atoms with Crippen LogP contribution in [0.25, 0.3) is 6.08 Å². The van der Waals surface area contributed by atoms with Crippen LogP contribution in [0.3, 0.4) is 0 Å². The molecule has 1 aliphatic heterocycles. The highest BCUT2D eigenvalue weighted by atomic mass is 19.1. The van der Waals surface area contributed by atoms with Crippen LogP contribution in [0.15, 0.2) is 52.7 Å². The van der Waals surface area contributed by atoms with Crippen molar-refractivity contribution in [1.82, 2.24) is 4.90 Å². The molecule has 1 N–H and O–H groups in total. The molecule has 2 fully saturated rings. The summed E-state index contributed by atoms with van der Waals surface area (Å²) >= 11 is 0. The number of piperidine rings is 1. The zero-order valence-corrected chi connectivity index (χ0v) is 14.5. The normalized spacial score (nSPS) is 23.9. The molecule has 0 amide bonds. The molecule has 5 heteroatoms. The van der Waals surface area contributed by atoms with Crippen LogP contribution < -0.4 is 0 Å². The van der Waals surface area contributed by atoms with Gasteiger partial charge in [-0.15, -0.1) is 0 Å². The summed E-state index contributed by atoms with van der Waals surface area (Å²) in [4.78, 5) is 14.9. The van der Waals surface area contributed by atoms with Gasteiger partial charge in [-0.05, 0) is 49.1 Å². The average molecular weight is 355 g/mol. The first-order valence-electron chi connectivity index (χ1n) is 9.07. The zero-order chi connectivity index (χ0) is 18.1. The topological polar surface area (TPSA) is 53.7 Å². The number of nitrogens with zero attached hydrogens (tertiary/aromatic N) is 1. The number of rotatable bonds is 5. The molecule has 4 nitrogen and oxygen atoms in total. The molecular formula is C21H22FNO3. The Morgan fingerprint density at radius 1 is 1.23 bits per heavy atom. The van der Waals surface area contributed by atoms with Crippen LogP contribution in [0.4, 0.5) is 4.39 Å². The smallest absolute Gasteiger partial charge is 0.157 e. The molecule has 2 atom stereocenters. The first kappa shape index (κ1) is 17.2. The summed E-state index contributed by atoms with van der Waals surface area (Å²) in [6.07, 6.45) is 5.10. The molecule has 1 saturated heterocycles. The third-order valence-electron chi connectivity index (χ3n) is 5.19. The molecule has 0 spiro atoms. The summed E-state index contributed by atoms with van der Waals surface area (Å²) in [5, 5.41) is 10.4. The van der Waals surface area contributed by atoms with Crippen molar-refractivity contribution in [2.75, 3.05) is 13.1 Å². The van der Waals surface area contributed by atoms with Crippen molar-refractivity contribution in [2.45, 2.75) is 31.4 Å². The highest BCUT2D eigenvalue weighted by Gasteiger charge is 2.41. The van der Waals surface area contributed by atoms with E-state index in [4.69, 9.17) is 4.42 Å². The summed E-state index contributed by atoms with van der Waals surface area (Å²) in [7, 11) is 0. The molecule has 1 aliphatic carbocycles. The summed E-state index contributed by atoms with van der Waals surface area (Å²) in [5.41, 5.74) is 1.22. The lowest BCUT2D eigenvalue weighted by Gasteiger charge is -2.37. The first-order chi connectivity index (χ1) is 12.6. The molecule has 1 aromatic heterocycles. The van der Waals surface area contributed by atoms with E-state index in [1.165, 1.54) is 6.07 Å².